The summed E-state index contributed by atoms with van der Waals surface area (Å²) in [7, 11) is 0.706. The zero-order valence-electron chi connectivity index (χ0n) is 12.2. The first-order valence-corrected chi connectivity index (χ1v) is 9.69. The molecular weight excluding hydrogens is 289 g/mol. The van der Waals surface area contributed by atoms with Crippen LogP contribution in [0.15, 0.2) is 30.3 Å². The minimum Gasteiger partial charge on any atom is -0.263 e. The van der Waals surface area contributed by atoms with Crippen LogP contribution in [0.1, 0.15) is 32.1 Å². The first-order chi connectivity index (χ1) is 9.69. The summed E-state index contributed by atoms with van der Waals surface area (Å²) in [5.41, 5.74) is 0.982. The Morgan fingerprint density at radius 2 is 1.70 bits per heavy atom. The van der Waals surface area contributed by atoms with Crippen molar-refractivity contribution >= 4 is 25.2 Å². The molecule has 4 nitrogen and oxygen atoms in total. The second kappa shape index (κ2) is 7.51. The Bertz CT molecular complexity index is 443. The molecule has 1 aromatic carbocycles. The number of hydrogen-bond donors (Lipinski definition) is 2. The molecule has 0 heterocycles. The van der Waals surface area contributed by atoms with Gasteiger partial charge in [-0.15, -0.1) is 0 Å². The van der Waals surface area contributed by atoms with Gasteiger partial charge in [0.2, 0.25) is 0 Å². The van der Waals surface area contributed by atoms with Gasteiger partial charge >= 0.3 is 7.59 Å². The molecule has 0 saturated heterocycles. The lowest BCUT2D eigenvalue weighted by molar-refractivity contribution is 0.516. The van der Waals surface area contributed by atoms with Crippen LogP contribution in [0.25, 0.3) is 0 Å². The highest BCUT2D eigenvalue weighted by Gasteiger charge is 2.31. The van der Waals surface area contributed by atoms with Crippen LogP contribution in [0.4, 0.5) is 5.69 Å². The summed E-state index contributed by atoms with van der Waals surface area (Å²) in [4.78, 5) is 0. The molecule has 0 unspecified atom stereocenters. The predicted octanol–water partition coefficient (Wildman–Crippen LogP) is 4.02. The SMILES string of the molecule is CNP(=O)(NC)N(SC1CCCCC1)c1ccccc1. The quantitative estimate of drug-likeness (QED) is 0.613. The maximum absolute atomic E-state index is 13.0. The summed E-state index contributed by atoms with van der Waals surface area (Å²) in [5, 5.41) is 6.49. The number of nitrogens with one attached hydrogen (secondary N) is 2. The lowest BCUT2D eigenvalue weighted by atomic mass is 10.0. The van der Waals surface area contributed by atoms with Gasteiger partial charge in [0.25, 0.3) is 0 Å². The second-order valence-electron chi connectivity index (χ2n) is 5.00. The largest absolute Gasteiger partial charge is 0.315 e. The Morgan fingerprint density at radius 3 is 2.25 bits per heavy atom. The molecule has 6 heteroatoms. The van der Waals surface area contributed by atoms with Crippen LogP contribution >= 0.6 is 19.5 Å². The van der Waals surface area contributed by atoms with Crippen molar-refractivity contribution in [3.63, 3.8) is 0 Å². The molecule has 20 heavy (non-hydrogen) atoms. The van der Waals surface area contributed by atoms with Crippen molar-refractivity contribution in [3.8, 4) is 0 Å². The molecule has 112 valence electrons. The molecule has 0 radical (unpaired) electrons. The molecule has 0 aliphatic heterocycles. The van der Waals surface area contributed by atoms with Gasteiger partial charge in [0.15, 0.2) is 0 Å². The number of benzene rings is 1. The smallest absolute Gasteiger partial charge is 0.263 e. The van der Waals surface area contributed by atoms with E-state index < -0.39 is 7.59 Å². The van der Waals surface area contributed by atoms with Crippen molar-refractivity contribution in [2.75, 3.05) is 18.2 Å². The van der Waals surface area contributed by atoms with E-state index in [4.69, 9.17) is 0 Å². The van der Waals surface area contributed by atoms with Crippen LogP contribution in [0.5, 0.6) is 0 Å². The fourth-order valence-electron chi connectivity index (χ4n) is 2.45. The maximum Gasteiger partial charge on any atom is 0.315 e. The van der Waals surface area contributed by atoms with Crippen LogP contribution < -0.4 is 14.3 Å². The summed E-state index contributed by atoms with van der Waals surface area (Å²) in [6.45, 7) is 0. The van der Waals surface area contributed by atoms with E-state index in [0.29, 0.717) is 5.25 Å². The second-order valence-corrected chi connectivity index (χ2v) is 8.96. The normalized spacial score (nSPS) is 17.1. The van der Waals surface area contributed by atoms with Crippen molar-refractivity contribution in [3.05, 3.63) is 30.3 Å². The molecule has 0 atom stereocenters. The van der Waals surface area contributed by atoms with Crippen LogP contribution in [0, 0.1) is 0 Å². The number of rotatable bonds is 6. The molecule has 1 aromatic rings. The summed E-state index contributed by atoms with van der Waals surface area (Å²) in [5.74, 6) is 0. The van der Waals surface area contributed by atoms with Crippen LogP contribution in [-0.2, 0) is 4.57 Å². The highest BCUT2D eigenvalue weighted by molar-refractivity contribution is 8.07. The van der Waals surface area contributed by atoms with E-state index in [0.717, 1.165) is 5.69 Å². The molecular formula is C14H24N3OPS. The number of anilines is 1. The maximum atomic E-state index is 13.0. The van der Waals surface area contributed by atoms with Gasteiger partial charge in [-0.05, 0) is 51.0 Å². The monoisotopic (exact) mass is 313 g/mol. The average molecular weight is 313 g/mol. The minimum atomic E-state index is -2.78. The van der Waals surface area contributed by atoms with Gasteiger partial charge in [0, 0.05) is 5.25 Å². The summed E-state index contributed by atoms with van der Waals surface area (Å²) in [6, 6.07) is 9.98. The third kappa shape index (κ3) is 3.79. The highest BCUT2D eigenvalue weighted by atomic mass is 32.2. The van der Waals surface area contributed by atoms with Crippen molar-refractivity contribution in [1.82, 2.24) is 10.2 Å². The van der Waals surface area contributed by atoms with Crippen molar-refractivity contribution in [2.45, 2.75) is 37.4 Å². The van der Waals surface area contributed by atoms with E-state index in [1.54, 1.807) is 26.0 Å². The van der Waals surface area contributed by atoms with Gasteiger partial charge in [0.1, 0.15) is 0 Å². The minimum absolute atomic E-state index is 0.555. The third-order valence-electron chi connectivity index (χ3n) is 3.64. The summed E-state index contributed by atoms with van der Waals surface area (Å²) in [6.07, 6.45) is 6.31. The van der Waals surface area contributed by atoms with E-state index in [-0.39, 0.29) is 0 Å². The fourth-order valence-corrected chi connectivity index (χ4v) is 5.99. The molecule has 1 fully saturated rings. The zero-order chi connectivity index (χ0) is 14.4. The van der Waals surface area contributed by atoms with Gasteiger partial charge < -0.3 is 0 Å². The molecule has 0 spiro atoms. The standard InChI is InChI=1S/C14H24N3OPS/c1-15-19(18,16-2)17(13-9-5-3-6-10-13)20-14-11-7-4-8-12-14/h3,5-6,9-10,14H,4,7-8,11-12H2,1-2H3,(H2,15,16,18). The van der Waals surface area contributed by atoms with Crippen LogP contribution in [0.2, 0.25) is 0 Å². The molecule has 0 bridgehead atoms. The van der Waals surface area contributed by atoms with Gasteiger partial charge in [-0.3, -0.25) is 4.57 Å². The molecule has 2 rings (SSSR count). The molecule has 2 N–H and O–H groups in total. The average Bonchev–Trinajstić information content (AvgIpc) is 2.54. The van der Waals surface area contributed by atoms with E-state index in [2.05, 4.69) is 10.2 Å². The highest BCUT2D eigenvalue weighted by Crippen LogP contribution is 2.50. The first-order valence-electron chi connectivity index (χ1n) is 7.20. The van der Waals surface area contributed by atoms with Crippen molar-refractivity contribution < 1.29 is 4.57 Å². The van der Waals surface area contributed by atoms with E-state index in [1.807, 2.05) is 34.4 Å². The van der Waals surface area contributed by atoms with Crippen LogP contribution in [0.3, 0.4) is 0 Å². The fraction of sp³-hybridized carbons (Fsp3) is 0.571. The molecule has 1 saturated carbocycles. The molecule has 0 amide bonds. The van der Waals surface area contributed by atoms with E-state index >= 15 is 0 Å². The Morgan fingerprint density at radius 1 is 1.10 bits per heavy atom. The van der Waals surface area contributed by atoms with Crippen LogP contribution in [-0.4, -0.2) is 19.3 Å². The van der Waals surface area contributed by atoms with Gasteiger partial charge in [-0.1, -0.05) is 37.5 Å². The third-order valence-corrected chi connectivity index (χ3v) is 7.75. The Hall–Kier alpha value is -0.480. The molecule has 0 aromatic heterocycles. The summed E-state index contributed by atoms with van der Waals surface area (Å²) >= 11 is 1.72. The molecule has 1 aliphatic rings. The van der Waals surface area contributed by atoms with Gasteiger partial charge in [0.05, 0.1) is 5.69 Å². The Kier molecular flexibility index (Phi) is 5.97. The zero-order valence-corrected chi connectivity index (χ0v) is 13.9. The van der Waals surface area contributed by atoms with Gasteiger partial charge in [-0.25, -0.2) is 14.3 Å². The first kappa shape index (κ1) is 15.9. The number of nitrogens with zero attached hydrogens (tertiary/aromatic N) is 1. The topological polar surface area (TPSA) is 44.4 Å². The van der Waals surface area contributed by atoms with Crippen molar-refractivity contribution in [1.29, 1.82) is 0 Å². The Balaban J connectivity index is 2.22. The number of para-hydroxylation sites is 1. The summed E-state index contributed by atoms with van der Waals surface area (Å²) < 4.78 is 15.0. The van der Waals surface area contributed by atoms with Gasteiger partial charge in [-0.2, -0.15) is 0 Å². The Labute approximate surface area is 126 Å². The van der Waals surface area contributed by atoms with E-state index in [9.17, 15) is 4.57 Å². The lowest BCUT2D eigenvalue weighted by Crippen LogP contribution is -2.30. The van der Waals surface area contributed by atoms with Crippen molar-refractivity contribution in [2.24, 2.45) is 0 Å². The molecule has 1 aliphatic carbocycles. The predicted molar refractivity (Wildman–Crippen MR) is 89.1 cm³/mol. The van der Waals surface area contributed by atoms with E-state index in [1.165, 1.54) is 32.1 Å². The number of hydrogen-bond acceptors (Lipinski definition) is 2. The lowest BCUT2D eigenvalue weighted by Gasteiger charge is -2.34.